The van der Waals surface area contributed by atoms with Crippen molar-refractivity contribution in [3.05, 3.63) is 41.2 Å². The number of nitrogens with one attached hydrogen (secondary N) is 1. The predicted octanol–water partition coefficient (Wildman–Crippen LogP) is 2.26. The number of carbonyl (C=O) groups is 1. The maximum Gasteiger partial charge on any atom is 0.377 e. The minimum Gasteiger partial charge on any atom is -0.381 e. The van der Waals surface area contributed by atoms with Gasteiger partial charge in [-0.25, -0.2) is 4.98 Å². The Morgan fingerprint density at radius 2 is 1.87 bits per heavy atom. The molecule has 2 aliphatic heterocycles. The standard InChI is InChI=1S/C18H17F4N5O3/c19-17(20)9-27(10-18(21,22)30-17)15-8-12(11-3-6-29-7-4-13(11)24-15)16(28)25-14-2-1-5-23-26-14/h1-2,5,8H,3-4,6-7,9-10H2,(H,25,26,28). The van der Waals surface area contributed by atoms with Gasteiger partial charge in [0.1, 0.15) is 18.9 Å². The maximum absolute atomic E-state index is 13.7. The molecule has 0 spiro atoms. The Hall–Kier alpha value is -2.86. The van der Waals surface area contributed by atoms with Crippen molar-refractivity contribution in [1.29, 1.82) is 0 Å². The number of hydrogen-bond acceptors (Lipinski definition) is 7. The summed E-state index contributed by atoms with van der Waals surface area (Å²) in [4.78, 5) is 17.9. The van der Waals surface area contributed by atoms with E-state index in [0.717, 1.165) is 0 Å². The minimum atomic E-state index is -4.07. The van der Waals surface area contributed by atoms with Gasteiger partial charge < -0.3 is 15.0 Å². The highest BCUT2D eigenvalue weighted by Crippen LogP contribution is 2.36. The first-order valence-electron chi connectivity index (χ1n) is 9.13. The van der Waals surface area contributed by atoms with Crippen molar-refractivity contribution in [2.45, 2.75) is 25.1 Å². The van der Waals surface area contributed by atoms with Crippen LogP contribution in [0.2, 0.25) is 0 Å². The summed E-state index contributed by atoms with van der Waals surface area (Å²) >= 11 is 0. The number of carbonyl (C=O) groups excluding carboxylic acids is 1. The number of pyridine rings is 1. The molecule has 0 radical (unpaired) electrons. The molecule has 0 unspecified atom stereocenters. The Balaban J connectivity index is 1.73. The van der Waals surface area contributed by atoms with Crippen molar-refractivity contribution in [3.8, 4) is 0 Å². The summed E-state index contributed by atoms with van der Waals surface area (Å²) in [6.45, 7) is -1.58. The van der Waals surface area contributed by atoms with E-state index >= 15 is 0 Å². The van der Waals surface area contributed by atoms with Gasteiger partial charge in [0.2, 0.25) is 0 Å². The van der Waals surface area contributed by atoms with Crippen molar-refractivity contribution in [1.82, 2.24) is 15.2 Å². The summed E-state index contributed by atoms with van der Waals surface area (Å²) in [5.41, 5.74) is 1.14. The SMILES string of the molecule is O=C(Nc1cccnn1)c1cc(N2CC(F)(F)OC(F)(F)C2)nc2c1CCOCC2. The van der Waals surface area contributed by atoms with Crippen LogP contribution < -0.4 is 10.2 Å². The van der Waals surface area contributed by atoms with Crippen LogP contribution in [0, 0.1) is 0 Å². The Kier molecular flexibility index (Phi) is 5.28. The topological polar surface area (TPSA) is 89.5 Å². The number of alkyl halides is 4. The first-order valence-corrected chi connectivity index (χ1v) is 9.13. The van der Waals surface area contributed by atoms with Gasteiger partial charge >= 0.3 is 12.2 Å². The fraction of sp³-hybridized carbons (Fsp3) is 0.444. The van der Waals surface area contributed by atoms with Gasteiger partial charge in [-0.2, -0.15) is 22.7 Å². The highest BCUT2D eigenvalue weighted by atomic mass is 19.3. The van der Waals surface area contributed by atoms with Crippen LogP contribution in [0.1, 0.15) is 21.6 Å². The summed E-state index contributed by atoms with van der Waals surface area (Å²) in [6.07, 6.45) is -6.03. The Bertz CT molecular complexity index is 929. The molecular weight excluding hydrogens is 410 g/mol. The molecule has 1 fully saturated rings. The van der Waals surface area contributed by atoms with Gasteiger partial charge in [-0.3, -0.25) is 9.53 Å². The normalized spacial score (nSPS) is 20.2. The molecule has 8 nitrogen and oxygen atoms in total. The fourth-order valence-electron chi connectivity index (χ4n) is 3.40. The molecule has 0 bridgehead atoms. The molecule has 4 heterocycles. The van der Waals surface area contributed by atoms with Crippen LogP contribution in [0.3, 0.4) is 0 Å². The number of morpholine rings is 1. The van der Waals surface area contributed by atoms with Crippen LogP contribution in [0.25, 0.3) is 0 Å². The lowest BCUT2D eigenvalue weighted by molar-refractivity contribution is -0.380. The van der Waals surface area contributed by atoms with Gasteiger partial charge in [-0.1, -0.05) is 0 Å². The molecule has 160 valence electrons. The number of amides is 1. The third kappa shape index (κ3) is 4.49. The highest BCUT2D eigenvalue weighted by Gasteiger charge is 2.52. The fourth-order valence-corrected chi connectivity index (χ4v) is 3.40. The molecule has 0 atom stereocenters. The third-order valence-electron chi connectivity index (χ3n) is 4.61. The number of ether oxygens (including phenoxy) is 2. The highest BCUT2D eigenvalue weighted by molar-refractivity contribution is 6.05. The molecule has 4 rings (SSSR count). The van der Waals surface area contributed by atoms with Crippen molar-refractivity contribution in [3.63, 3.8) is 0 Å². The zero-order valence-electron chi connectivity index (χ0n) is 15.6. The predicted molar refractivity (Wildman–Crippen MR) is 95.6 cm³/mol. The zero-order chi connectivity index (χ0) is 21.4. The van der Waals surface area contributed by atoms with Crippen molar-refractivity contribution >= 4 is 17.5 Å². The quantitative estimate of drug-likeness (QED) is 0.752. The van der Waals surface area contributed by atoms with E-state index in [0.29, 0.717) is 42.2 Å². The van der Waals surface area contributed by atoms with Gasteiger partial charge in [0.05, 0.1) is 13.2 Å². The van der Waals surface area contributed by atoms with Gasteiger partial charge in [-0.05, 0) is 30.2 Å². The van der Waals surface area contributed by atoms with E-state index in [1.807, 2.05) is 0 Å². The lowest BCUT2D eigenvalue weighted by atomic mass is 10.0. The first-order chi connectivity index (χ1) is 14.2. The summed E-state index contributed by atoms with van der Waals surface area (Å²) < 4.78 is 63.8. The molecule has 30 heavy (non-hydrogen) atoms. The molecule has 2 aliphatic rings. The van der Waals surface area contributed by atoms with Crippen LogP contribution in [-0.2, 0) is 22.3 Å². The van der Waals surface area contributed by atoms with Gasteiger partial charge in [-0.15, -0.1) is 5.10 Å². The second-order valence-electron chi connectivity index (χ2n) is 6.86. The largest absolute Gasteiger partial charge is 0.381 e. The first kappa shape index (κ1) is 20.4. The summed E-state index contributed by atoms with van der Waals surface area (Å²) in [5, 5.41) is 10.0. The molecule has 0 aromatic carbocycles. The van der Waals surface area contributed by atoms with Gasteiger partial charge in [0.25, 0.3) is 5.91 Å². The van der Waals surface area contributed by atoms with Gasteiger partial charge in [0.15, 0.2) is 5.82 Å². The van der Waals surface area contributed by atoms with Crippen LogP contribution in [0.4, 0.5) is 29.2 Å². The monoisotopic (exact) mass is 427 g/mol. The van der Waals surface area contributed by atoms with E-state index < -0.39 is 31.2 Å². The smallest absolute Gasteiger partial charge is 0.377 e. The molecule has 2 aromatic heterocycles. The molecule has 0 aliphatic carbocycles. The van der Waals surface area contributed by atoms with E-state index in [1.165, 1.54) is 18.3 Å². The lowest BCUT2D eigenvalue weighted by Gasteiger charge is -2.37. The van der Waals surface area contributed by atoms with Crippen molar-refractivity contribution in [2.24, 2.45) is 0 Å². The second-order valence-corrected chi connectivity index (χ2v) is 6.86. The van der Waals surface area contributed by atoms with Crippen LogP contribution >= 0.6 is 0 Å². The molecule has 1 saturated heterocycles. The Labute approximate surface area is 168 Å². The molecular formula is C18H17F4N5O3. The Morgan fingerprint density at radius 3 is 2.57 bits per heavy atom. The molecule has 0 saturated carbocycles. The van der Waals surface area contributed by atoms with E-state index in [2.05, 4.69) is 25.2 Å². The average molecular weight is 427 g/mol. The summed E-state index contributed by atoms with van der Waals surface area (Å²) in [7, 11) is 0. The second kappa shape index (κ2) is 7.76. The number of fused-ring (bicyclic) bond motifs is 1. The molecule has 12 heteroatoms. The number of rotatable bonds is 3. The number of aromatic nitrogens is 3. The number of halogens is 4. The van der Waals surface area contributed by atoms with Crippen LogP contribution in [0.15, 0.2) is 24.4 Å². The number of nitrogens with zero attached hydrogens (tertiary/aromatic N) is 4. The van der Waals surface area contributed by atoms with Crippen molar-refractivity contribution in [2.75, 3.05) is 36.5 Å². The zero-order valence-corrected chi connectivity index (χ0v) is 15.6. The average Bonchev–Trinajstić information content (AvgIpc) is 2.91. The minimum absolute atomic E-state index is 0.129. The van der Waals surface area contributed by atoms with E-state index in [9.17, 15) is 22.4 Å². The summed E-state index contributed by atoms with van der Waals surface area (Å²) in [6, 6.07) is 4.33. The van der Waals surface area contributed by atoms with Crippen LogP contribution in [-0.4, -0.2) is 59.6 Å². The number of hydrogen-bond donors (Lipinski definition) is 1. The van der Waals surface area contributed by atoms with Crippen LogP contribution in [0.5, 0.6) is 0 Å². The number of anilines is 2. The molecule has 2 aromatic rings. The van der Waals surface area contributed by atoms with E-state index in [1.54, 1.807) is 6.07 Å². The van der Waals surface area contributed by atoms with E-state index in [-0.39, 0.29) is 17.2 Å². The third-order valence-corrected chi connectivity index (χ3v) is 4.61. The Morgan fingerprint density at radius 1 is 1.13 bits per heavy atom. The lowest BCUT2D eigenvalue weighted by Crippen LogP contribution is -2.55. The van der Waals surface area contributed by atoms with Crippen molar-refractivity contribution < 1.29 is 31.8 Å². The molecule has 1 amide bonds. The van der Waals surface area contributed by atoms with Gasteiger partial charge in [0, 0.05) is 23.9 Å². The maximum atomic E-state index is 13.7. The molecule has 1 N–H and O–H groups in total. The van der Waals surface area contributed by atoms with E-state index in [4.69, 9.17) is 4.74 Å². The summed E-state index contributed by atoms with van der Waals surface area (Å²) in [5.74, 6) is -0.560.